The summed E-state index contributed by atoms with van der Waals surface area (Å²) in [5.41, 5.74) is 1.95. The summed E-state index contributed by atoms with van der Waals surface area (Å²) in [7, 11) is -4.18. The lowest BCUT2D eigenvalue weighted by Crippen LogP contribution is -2.46. The first-order valence-corrected chi connectivity index (χ1v) is 12.9. The van der Waals surface area contributed by atoms with E-state index in [-0.39, 0.29) is 13.0 Å². The fraction of sp³-hybridized carbons (Fsp3) is 0.273. The third-order valence-corrected chi connectivity index (χ3v) is 6.89. The topological polar surface area (TPSA) is 93.1 Å². The van der Waals surface area contributed by atoms with Gasteiger partial charge in [-0.3, -0.25) is 9.48 Å². The van der Waals surface area contributed by atoms with Crippen molar-refractivity contribution >= 4 is 27.7 Å². The number of nitrogens with zero attached hydrogens (tertiary/aromatic N) is 2. The molecule has 0 saturated heterocycles. The number of halogens is 1. The van der Waals surface area contributed by atoms with Gasteiger partial charge in [0.15, 0.2) is 0 Å². The molecule has 0 aliphatic rings. The highest BCUT2D eigenvalue weighted by atomic mass is 32.2. The predicted octanol–water partition coefficient (Wildman–Crippen LogP) is 2.79. The van der Waals surface area contributed by atoms with Gasteiger partial charge in [-0.2, -0.15) is 21.6 Å². The lowest BCUT2D eigenvalue weighted by molar-refractivity contribution is -0.122. The van der Waals surface area contributed by atoms with E-state index in [0.29, 0.717) is 12.3 Å². The van der Waals surface area contributed by atoms with Crippen LogP contribution in [0.3, 0.4) is 0 Å². The molecule has 0 aliphatic carbocycles. The zero-order valence-electron chi connectivity index (χ0n) is 17.6. The molecule has 1 aromatic heterocycles. The highest BCUT2D eigenvalue weighted by Gasteiger charge is 2.27. The molecular formula is C22H25FN4O3S2. The number of amides is 1. The van der Waals surface area contributed by atoms with Gasteiger partial charge in [-0.15, -0.1) is 0 Å². The van der Waals surface area contributed by atoms with Crippen molar-refractivity contribution in [2.75, 3.05) is 12.0 Å². The van der Waals surface area contributed by atoms with Crippen LogP contribution in [0.4, 0.5) is 4.39 Å². The summed E-state index contributed by atoms with van der Waals surface area (Å²) in [6, 6.07) is 13.7. The van der Waals surface area contributed by atoms with Crippen LogP contribution in [0.25, 0.3) is 0 Å². The molecule has 0 aliphatic heterocycles. The number of hydrogen-bond donors (Lipinski definition) is 2. The Morgan fingerprint density at radius 1 is 1.12 bits per heavy atom. The number of aromatic nitrogens is 2. The maximum atomic E-state index is 14.0. The van der Waals surface area contributed by atoms with Gasteiger partial charge >= 0.3 is 0 Å². The van der Waals surface area contributed by atoms with Crippen LogP contribution in [0, 0.1) is 5.82 Å². The molecule has 0 saturated carbocycles. The van der Waals surface area contributed by atoms with Crippen molar-refractivity contribution in [2.45, 2.75) is 30.4 Å². The summed E-state index contributed by atoms with van der Waals surface area (Å²) in [6.45, 7) is 0.895. The smallest absolute Gasteiger partial charge is 0.244 e. The van der Waals surface area contributed by atoms with Crippen molar-refractivity contribution in [3.05, 3.63) is 83.9 Å². The van der Waals surface area contributed by atoms with Crippen LogP contribution in [-0.4, -0.2) is 42.2 Å². The Balaban J connectivity index is 1.62. The average molecular weight is 477 g/mol. The molecule has 1 heterocycles. The van der Waals surface area contributed by atoms with Crippen LogP contribution in [0.2, 0.25) is 0 Å². The molecule has 32 heavy (non-hydrogen) atoms. The van der Waals surface area contributed by atoms with E-state index in [1.54, 1.807) is 6.20 Å². The minimum Gasteiger partial charge on any atom is -0.351 e. The summed E-state index contributed by atoms with van der Waals surface area (Å²) in [6.07, 6.45) is 5.75. The van der Waals surface area contributed by atoms with Gasteiger partial charge in [0.05, 0.1) is 6.54 Å². The molecule has 3 rings (SSSR count). The lowest BCUT2D eigenvalue weighted by Gasteiger charge is -2.18. The third-order valence-electron chi connectivity index (χ3n) is 4.74. The van der Waals surface area contributed by atoms with Gasteiger partial charge in [-0.05, 0) is 47.8 Å². The Hall–Kier alpha value is -2.69. The van der Waals surface area contributed by atoms with Crippen LogP contribution in [0.1, 0.15) is 17.5 Å². The van der Waals surface area contributed by atoms with Gasteiger partial charge in [0.2, 0.25) is 15.9 Å². The highest BCUT2D eigenvalue weighted by Crippen LogP contribution is 2.15. The second-order valence-electron chi connectivity index (χ2n) is 7.12. The van der Waals surface area contributed by atoms with Crippen molar-refractivity contribution in [3.63, 3.8) is 0 Å². The van der Waals surface area contributed by atoms with Crippen molar-refractivity contribution in [3.8, 4) is 0 Å². The average Bonchev–Trinajstić information content (AvgIpc) is 3.29. The van der Waals surface area contributed by atoms with Gasteiger partial charge in [-0.1, -0.05) is 36.4 Å². The molecule has 1 amide bonds. The zero-order valence-corrected chi connectivity index (χ0v) is 19.2. The summed E-state index contributed by atoms with van der Waals surface area (Å²) in [5.74, 6) is -0.751. The van der Waals surface area contributed by atoms with Crippen molar-refractivity contribution in [1.29, 1.82) is 0 Å². The fourth-order valence-electron chi connectivity index (χ4n) is 3.05. The van der Waals surface area contributed by atoms with Gasteiger partial charge < -0.3 is 5.32 Å². The monoisotopic (exact) mass is 476 g/mol. The number of sulfonamides is 1. The Bertz CT molecular complexity index is 1120. The molecule has 2 aromatic carbocycles. The molecule has 0 radical (unpaired) electrons. The molecule has 0 bridgehead atoms. The van der Waals surface area contributed by atoms with E-state index in [1.807, 2.05) is 47.5 Å². The summed E-state index contributed by atoms with van der Waals surface area (Å²) in [4.78, 5) is 12.3. The van der Waals surface area contributed by atoms with Gasteiger partial charge in [0, 0.05) is 18.9 Å². The second-order valence-corrected chi connectivity index (χ2v) is 9.79. The van der Waals surface area contributed by atoms with Gasteiger partial charge in [-0.25, -0.2) is 12.8 Å². The Kier molecular flexibility index (Phi) is 8.43. The maximum Gasteiger partial charge on any atom is 0.244 e. The number of nitrogens with one attached hydrogen (secondary N) is 2. The Morgan fingerprint density at radius 2 is 1.84 bits per heavy atom. The standard InChI is InChI=1S/C22H25FN4O3S2/c1-31-14-11-20(26-32(29,30)21-6-3-2-5-19(21)23)22(28)24-15-17-7-9-18(10-8-17)16-27-13-4-12-25-27/h2-10,12-13,20,26H,11,14-16H2,1H3,(H,24,28)/t20-/m0/s1. The minimum absolute atomic E-state index is 0.248. The zero-order chi connectivity index (χ0) is 23.0. The molecule has 7 nitrogen and oxygen atoms in total. The van der Waals surface area contributed by atoms with Crippen molar-refractivity contribution in [1.82, 2.24) is 19.8 Å². The second kappa shape index (κ2) is 11.3. The number of carbonyl (C=O) groups is 1. The van der Waals surface area contributed by atoms with Gasteiger partial charge in [0.25, 0.3) is 0 Å². The van der Waals surface area contributed by atoms with E-state index in [4.69, 9.17) is 0 Å². The maximum absolute atomic E-state index is 14.0. The van der Waals surface area contributed by atoms with E-state index in [1.165, 1.54) is 30.0 Å². The van der Waals surface area contributed by atoms with E-state index >= 15 is 0 Å². The largest absolute Gasteiger partial charge is 0.351 e. The number of thioether (sulfide) groups is 1. The summed E-state index contributed by atoms with van der Waals surface area (Å²) < 4.78 is 43.4. The van der Waals surface area contributed by atoms with Gasteiger partial charge in [0.1, 0.15) is 16.8 Å². The normalized spacial score (nSPS) is 12.4. The van der Waals surface area contributed by atoms with Crippen LogP contribution >= 0.6 is 11.8 Å². The molecule has 3 aromatic rings. The molecule has 2 N–H and O–H groups in total. The van der Waals surface area contributed by atoms with E-state index in [9.17, 15) is 17.6 Å². The van der Waals surface area contributed by atoms with Crippen LogP contribution < -0.4 is 10.0 Å². The Labute approximate surface area is 191 Å². The molecule has 0 fully saturated rings. The lowest BCUT2D eigenvalue weighted by atomic mass is 10.1. The first kappa shape index (κ1) is 24.0. The SMILES string of the molecule is CSCC[C@H](NS(=O)(=O)c1ccccc1F)C(=O)NCc1ccc(Cn2cccn2)cc1. The molecular weight excluding hydrogens is 451 g/mol. The first-order valence-electron chi connectivity index (χ1n) is 9.98. The van der Waals surface area contributed by atoms with Crippen LogP contribution in [0.15, 0.2) is 71.9 Å². The summed E-state index contributed by atoms with van der Waals surface area (Å²) >= 11 is 1.49. The number of carbonyl (C=O) groups excluding carboxylic acids is 1. The van der Waals surface area contributed by atoms with E-state index in [2.05, 4.69) is 15.1 Å². The fourth-order valence-corrected chi connectivity index (χ4v) is 4.83. The molecule has 0 unspecified atom stereocenters. The minimum atomic E-state index is -4.18. The third kappa shape index (κ3) is 6.65. The molecule has 170 valence electrons. The van der Waals surface area contributed by atoms with E-state index < -0.39 is 32.7 Å². The highest BCUT2D eigenvalue weighted by molar-refractivity contribution is 7.98. The van der Waals surface area contributed by atoms with E-state index in [0.717, 1.165) is 17.2 Å². The quantitative estimate of drug-likeness (QED) is 0.444. The number of hydrogen-bond acceptors (Lipinski definition) is 5. The number of rotatable bonds is 11. The molecule has 1 atom stereocenters. The van der Waals surface area contributed by atoms with Crippen LogP contribution in [0.5, 0.6) is 0 Å². The predicted molar refractivity (Wildman–Crippen MR) is 123 cm³/mol. The van der Waals surface area contributed by atoms with Crippen LogP contribution in [-0.2, 0) is 27.9 Å². The first-order chi connectivity index (χ1) is 15.4. The Morgan fingerprint density at radius 3 is 2.50 bits per heavy atom. The number of benzene rings is 2. The molecule has 0 spiro atoms. The summed E-state index contributed by atoms with van der Waals surface area (Å²) in [5, 5.41) is 6.95. The van der Waals surface area contributed by atoms with Crippen molar-refractivity contribution in [2.24, 2.45) is 0 Å². The molecule has 10 heteroatoms. The van der Waals surface area contributed by atoms with Crippen molar-refractivity contribution < 1.29 is 17.6 Å².